The minimum atomic E-state index is -1.02. The van der Waals surface area contributed by atoms with Crippen LogP contribution in [0, 0.1) is 5.82 Å². The van der Waals surface area contributed by atoms with Gasteiger partial charge in [0.25, 0.3) is 0 Å². The normalized spacial score (nSPS) is 12.5. The van der Waals surface area contributed by atoms with E-state index in [-0.39, 0.29) is 17.9 Å². The Bertz CT molecular complexity index is 1400. The molecule has 1 aromatic heterocycles. The Morgan fingerprint density at radius 2 is 1.74 bits per heavy atom. The van der Waals surface area contributed by atoms with Crippen molar-refractivity contribution in [1.82, 2.24) is 5.43 Å². The maximum absolute atomic E-state index is 13.7. The minimum Gasteiger partial charge on any atom is -0.462 e. The number of nitrogens with one attached hydrogen (secondary N) is 2. The van der Waals surface area contributed by atoms with Crippen molar-refractivity contribution < 1.29 is 33.0 Å². The molecule has 0 atom stereocenters. The van der Waals surface area contributed by atoms with Crippen LogP contribution in [0.25, 0.3) is 0 Å². The number of esters is 2. The largest absolute Gasteiger partial charge is 0.462 e. The highest BCUT2D eigenvalue weighted by molar-refractivity contribution is 7.17. The zero-order valence-electron chi connectivity index (χ0n) is 20.4. The van der Waals surface area contributed by atoms with E-state index in [2.05, 4.69) is 15.8 Å². The van der Waals surface area contributed by atoms with Crippen molar-refractivity contribution in [3.8, 4) is 5.75 Å². The van der Waals surface area contributed by atoms with Crippen molar-refractivity contribution in [1.29, 1.82) is 0 Å². The predicted molar refractivity (Wildman–Crippen MR) is 139 cm³/mol. The highest BCUT2D eigenvalue weighted by atomic mass is 32.1. The van der Waals surface area contributed by atoms with Gasteiger partial charge in [0.1, 0.15) is 16.6 Å². The molecule has 0 saturated heterocycles. The number of rotatable bonds is 7. The number of thiophene rings is 1. The fraction of sp³-hybridized carbons (Fsp3) is 0.222. The molecule has 0 radical (unpaired) electrons. The SMILES string of the molecule is CCOC(=O)c1c(NC(=O)C(=O)N/N=C/c2ccc(OC(=O)c3ccccc3F)cc2)sc2c1CCCC2. The molecule has 2 aromatic carbocycles. The second-order valence-corrected chi connectivity index (χ2v) is 9.33. The van der Waals surface area contributed by atoms with Gasteiger partial charge in [-0.05, 0) is 80.1 Å². The van der Waals surface area contributed by atoms with Gasteiger partial charge in [0.2, 0.25) is 0 Å². The van der Waals surface area contributed by atoms with Gasteiger partial charge < -0.3 is 14.8 Å². The van der Waals surface area contributed by atoms with Gasteiger partial charge in [0.05, 0.1) is 23.9 Å². The van der Waals surface area contributed by atoms with Gasteiger partial charge in [-0.25, -0.2) is 19.4 Å². The van der Waals surface area contributed by atoms with Crippen LogP contribution >= 0.6 is 11.3 Å². The molecular formula is C27H24FN3O6S. The molecule has 196 valence electrons. The molecule has 2 amide bonds. The lowest BCUT2D eigenvalue weighted by atomic mass is 9.95. The van der Waals surface area contributed by atoms with Crippen LogP contribution in [0.3, 0.4) is 0 Å². The van der Waals surface area contributed by atoms with Crippen LogP contribution in [0.1, 0.15) is 56.5 Å². The smallest absolute Gasteiger partial charge is 0.346 e. The first-order valence-corrected chi connectivity index (χ1v) is 12.7. The number of nitrogens with zero attached hydrogens (tertiary/aromatic N) is 1. The zero-order valence-corrected chi connectivity index (χ0v) is 21.2. The Morgan fingerprint density at radius 3 is 2.47 bits per heavy atom. The fourth-order valence-electron chi connectivity index (χ4n) is 3.86. The third kappa shape index (κ3) is 6.30. The summed E-state index contributed by atoms with van der Waals surface area (Å²) in [5.74, 6) is -3.84. The molecule has 0 unspecified atom stereocenters. The molecule has 0 saturated carbocycles. The summed E-state index contributed by atoms with van der Waals surface area (Å²) in [5.41, 5.74) is 3.68. The van der Waals surface area contributed by atoms with Crippen molar-refractivity contribution in [3.63, 3.8) is 0 Å². The van der Waals surface area contributed by atoms with Gasteiger partial charge in [-0.3, -0.25) is 9.59 Å². The van der Waals surface area contributed by atoms with Crippen molar-refractivity contribution in [2.45, 2.75) is 32.6 Å². The molecule has 9 nitrogen and oxygen atoms in total. The average Bonchev–Trinajstić information content (AvgIpc) is 3.27. The summed E-state index contributed by atoms with van der Waals surface area (Å²) >= 11 is 1.28. The fourth-order valence-corrected chi connectivity index (χ4v) is 5.13. The maximum Gasteiger partial charge on any atom is 0.346 e. The van der Waals surface area contributed by atoms with Gasteiger partial charge >= 0.3 is 23.8 Å². The molecule has 0 spiro atoms. The third-order valence-corrected chi connectivity index (χ3v) is 6.86. The summed E-state index contributed by atoms with van der Waals surface area (Å²) in [7, 11) is 0. The van der Waals surface area contributed by atoms with Crippen molar-refractivity contribution >= 4 is 46.3 Å². The Hall–Kier alpha value is -4.38. The number of carbonyl (C=O) groups is 4. The van der Waals surface area contributed by atoms with E-state index in [0.29, 0.717) is 22.5 Å². The summed E-state index contributed by atoms with van der Waals surface area (Å²) in [6.45, 7) is 1.90. The quantitative estimate of drug-likeness (QED) is 0.153. The number of anilines is 1. The molecule has 2 N–H and O–H groups in total. The molecule has 3 aromatic rings. The van der Waals surface area contributed by atoms with Crippen LogP contribution in [-0.2, 0) is 27.2 Å². The highest BCUT2D eigenvalue weighted by Gasteiger charge is 2.28. The van der Waals surface area contributed by atoms with E-state index in [1.54, 1.807) is 19.1 Å². The van der Waals surface area contributed by atoms with Crippen LogP contribution in [0.15, 0.2) is 53.6 Å². The standard InChI is InChI=1S/C27H24FN3O6S/c1-2-36-27(35)22-19-8-4-6-10-21(19)38-25(22)30-23(32)24(33)31-29-15-16-11-13-17(14-12-16)37-26(34)18-7-3-5-9-20(18)28/h3,5,7,9,11-15H,2,4,6,8,10H2,1H3,(H,30,32)(H,31,33)/b29-15+. The van der Waals surface area contributed by atoms with E-state index in [1.165, 1.54) is 47.9 Å². The monoisotopic (exact) mass is 537 g/mol. The van der Waals surface area contributed by atoms with E-state index in [9.17, 15) is 23.6 Å². The van der Waals surface area contributed by atoms with Crippen LogP contribution in [0.2, 0.25) is 0 Å². The van der Waals surface area contributed by atoms with E-state index >= 15 is 0 Å². The van der Waals surface area contributed by atoms with Gasteiger partial charge in [0, 0.05) is 4.88 Å². The molecule has 0 aliphatic heterocycles. The van der Waals surface area contributed by atoms with Crippen LogP contribution in [-0.4, -0.2) is 36.6 Å². The number of hydrogen-bond donors (Lipinski definition) is 2. The Kier molecular flexibility index (Phi) is 8.59. The number of hydrogen-bond acceptors (Lipinski definition) is 8. The summed E-state index contributed by atoms with van der Waals surface area (Å²) in [4.78, 5) is 50.4. The molecule has 4 rings (SSSR count). The average molecular weight is 538 g/mol. The van der Waals surface area contributed by atoms with E-state index in [0.717, 1.165) is 35.8 Å². The number of aryl methyl sites for hydroxylation is 1. The predicted octanol–water partition coefficient (Wildman–Crippen LogP) is 4.25. The molecule has 1 heterocycles. The number of fused-ring (bicyclic) bond motifs is 1. The number of benzene rings is 2. The summed E-state index contributed by atoms with van der Waals surface area (Å²) in [6.07, 6.45) is 4.75. The van der Waals surface area contributed by atoms with Crippen molar-refractivity contribution in [2.24, 2.45) is 5.10 Å². The molecule has 1 aliphatic carbocycles. The van der Waals surface area contributed by atoms with Crippen LogP contribution < -0.4 is 15.5 Å². The zero-order chi connectivity index (χ0) is 27.1. The summed E-state index contributed by atoms with van der Waals surface area (Å²) in [6, 6.07) is 11.6. The second-order valence-electron chi connectivity index (χ2n) is 8.23. The van der Waals surface area contributed by atoms with E-state index in [1.807, 2.05) is 0 Å². The maximum atomic E-state index is 13.7. The number of amides is 2. The second kappa shape index (κ2) is 12.2. The first-order valence-electron chi connectivity index (χ1n) is 11.9. The lowest BCUT2D eigenvalue weighted by Crippen LogP contribution is -2.32. The third-order valence-electron chi connectivity index (χ3n) is 5.65. The Balaban J connectivity index is 1.34. The van der Waals surface area contributed by atoms with E-state index < -0.39 is 29.6 Å². The molecule has 0 bridgehead atoms. The van der Waals surface area contributed by atoms with Crippen LogP contribution in [0.4, 0.5) is 9.39 Å². The van der Waals surface area contributed by atoms with Gasteiger partial charge in [0.15, 0.2) is 0 Å². The minimum absolute atomic E-state index is 0.184. The van der Waals surface area contributed by atoms with Crippen molar-refractivity contribution in [2.75, 3.05) is 11.9 Å². The molecule has 38 heavy (non-hydrogen) atoms. The topological polar surface area (TPSA) is 123 Å². The van der Waals surface area contributed by atoms with Gasteiger partial charge in [-0.2, -0.15) is 5.10 Å². The summed E-state index contributed by atoms with van der Waals surface area (Å²) in [5, 5.41) is 6.58. The summed E-state index contributed by atoms with van der Waals surface area (Å²) < 4.78 is 24.0. The first-order chi connectivity index (χ1) is 18.4. The molecule has 11 heteroatoms. The number of halogens is 1. The van der Waals surface area contributed by atoms with Gasteiger partial charge in [-0.15, -0.1) is 11.3 Å². The number of carbonyl (C=O) groups excluding carboxylic acids is 4. The van der Waals surface area contributed by atoms with E-state index in [4.69, 9.17) is 9.47 Å². The lowest BCUT2D eigenvalue weighted by Gasteiger charge is -2.12. The number of hydrazone groups is 1. The lowest BCUT2D eigenvalue weighted by molar-refractivity contribution is -0.136. The molecule has 0 fully saturated rings. The Morgan fingerprint density at radius 1 is 1.00 bits per heavy atom. The highest BCUT2D eigenvalue weighted by Crippen LogP contribution is 2.38. The molecule has 1 aliphatic rings. The first kappa shape index (κ1) is 26.7. The van der Waals surface area contributed by atoms with Gasteiger partial charge in [-0.1, -0.05) is 12.1 Å². The Labute approximate surface area is 221 Å². The number of ether oxygens (including phenoxy) is 2. The van der Waals surface area contributed by atoms with Crippen LogP contribution in [0.5, 0.6) is 5.75 Å². The molecular weight excluding hydrogens is 513 g/mol. The van der Waals surface area contributed by atoms with Crippen molar-refractivity contribution in [3.05, 3.63) is 81.5 Å².